The van der Waals surface area contributed by atoms with Crippen LogP contribution in [0.1, 0.15) is 126 Å². The maximum absolute atomic E-state index is 13.7. The number of anilines is 3. The number of nitrogens with zero attached hydrogens (tertiary/aromatic N) is 15. The first-order chi connectivity index (χ1) is 61.5. The molecule has 128 heavy (non-hydrogen) atoms. The lowest BCUT2D eigenvalue weighted by Crippen LogP contribution is -2.31. The highest BCUT2D eigenvalue weighted by Gasteiger charge is 2.32. The molecule has 16 rings (SSSR count). The van der Waals surface area contributed by atoms with Crippen LogP contribution in [0.3, 0.4) is 0 Å². The highest BCUT2D eigenvalue weighted by Crippen LogP contribution is 2.36. The zero-order chi connectivity index (χ0) is 92.6. The molecule has 4 aliphatic rings. The van der Waals surface area contributed by atoms with Crippen LogP contribution in [-0.2, 0) is 61.7 Å². The Morgan fingerprint density at radius 2 is 0.672 bits per heavy atom. The van der Waals surface area contributed by atoms with Gasteiger partial charge in [0.2, 0.25) is 29.5 Å². The molecular weight excluding hydrogens is 1650 g/mol. The number of fused-ring (bicyclic) bond motifs is 4. The van der Waals surface area contributed by atoms with Crippen LogP contribution in [0.2, 0.25) is 0 Å². The molecule has 12 aromatic rings. The molecule has 3 aliphatic heterocycles. The molecule has 3 atom stereocenters. The summed E-state index contributed by atoms with van der Waals surface area (Å²) < 4.78 is 51.4. The Hall–Kier alpha value is -12.3. The summed E-state index contributed by atoms with van der Waals surface area (Å²) in [6.07, 6.45) is 19.1. The van der Waals surface area contributed by atoms with Crippen LogP contribution < -0.4 is 37.2 Å². The molecule has 4 aromatic carbocycles. The molecule has 0 amide bonds. The van der Waals surface area contributed by atoms with Crippen LogP contribution in [-0.4, -0.2) is 229 Å². The van der Waals surface area contributed by atoms with Gasteiger partial charge < -0.3 is 82.6 Å². The van der Waals surface area contributed by atoms with Gasteiger partial charge in [-0.25, -0.2) is 68.6 Å². The number of aryl methyl sites for hydroxylation is 4. The number of alkyl halides is 1. The molecule has 0 bridgehead atoms. The lowest BCUT2D eigenvalue weighted by molar-refractivity contribution is -0.134. The fourth-order valence-corrected chi connectivity index (χ4v) is 15.9. The Morgan fingerprint density at radius 3 is 0.891 bits per heavy atom. The Labute approximate surface area is 742 Å². The number of hydrogen-bond acceptors (Lipinski definition) is 29. The first kappa shape index (κ1) is 97.8. The SMILES string of the molecule is C.CCc1cc(CO)cc2nc(-c3cccnc3F)oc(=O)c12.CCc1cc(CO)cc2nc(-c3cccnc3N3CC[C@H](N(C)C)C3)oc(=O)c12.CCc1cc(CO)cc2nc(-c3cccnc3N3CC[C@H](N(C)C)C3)oc(=O)c12.CCc1cc(CO)cc2nc(-c3cccnc3N3CC[C@H](N(C)C)C3)oc(=O)c12.CN(C)C1CCCC1.O=C(O)/C=C\C(=O)O.[2H]CF. The molecule has 0 spiro atoms. The van der Waals surface area contributed by atoms with Gasteiger partial charge in [0.1, 0.15) is 17.5 Å². The van der Waals surface area contributed by atoms with Crippen LogP contribution in [0.25, 0.3) is 89.4 Å². The van der Waals surface area contributed by atoms with E-state index in [1.54, 1.807) is 48.9 Å². The molecule has 1 saturated carbocycles. The van der Waals surface area contributed by atoms with Crippen molar-refractivity contribution in [2.24, 2.45) is 0 Å². The van der Waals surface area contributed by atoms with E-state index < -0.39 is 47.5 Å². The average Bonchev–Trinajstić information content (AvgIpc) is 1.73. The van der Waals surface area contributed by atoms with Crippen molar-refractivity contribution in [2.75, 3.05) is 118 Å². The number of carbonyl (C=O) groups is 2. The second-order valence-electron chi connectivity index (χ2n) is 31.8. The van der Waals surface area contributed by atoms with E-state index in [2.05, 4.69) is 131 Å². The molecule has 11 heterocycles. The van der Waals surface area contributed by atoms with Crippen molar-refractivity contribution < 1.29 is 68.0 Å². The van der Waals surface area contributed by atoms with E-state index in [0.29, 0.717) is 122 Å². The van der Waals surface area contributed by atoms with Crippen LogP contribution >= 0.6 is 0 Å². The zero-order valence-corrected chi connectivity index (χ0v) is 73.8. The summed E-state index contributed by atoms with van der Waals surface area (Å²) in [7, 11) is 15.9. The number of pyridine rings is 4. The number of aliphatic hydroxyl groups excluding tert-OH is 4. The number of hydrogen-bond donors (Lipinski definition) is 6. The second kappa shape index (κ2) is 46.9. The quantitative estimate of drug-likeness (QED) is 0.0287. The van der Waals surface area contributed by atoms with Gasteiger partial charge in [0.15, 0.2) is 0 Å². The van der Waals surface area contributed by atoms with Gasteiger partial charge in [0, 0.05) is 100 Å². The first-order valence-electron chi connectivity index (χ1n) is 42.9. The summed E-state index contributed by atoms with van der Waals surface area (Å²) in [5, 5.41) is 55.5. The number of aromatic nitrogens is 8. The topological polar surface area (TPSA) is 402 Å². The Bertz CT molecular complexity index is 5670. The second-order valence-corrected chi connectivity index (χ2v) is 31.8. The van der Waals surface area contributed by atoms with Crippen molar-refractivity contribution in [1.29, 1.82) is 0 Å². The van der Waals surface area contributed by atoms with E-state index in [4.69, 9.17) is 29.3 Å². The molecular formula is C95H117F2N15O16. The summed E-state index contributed by atoms with van der Waals surface area (Å²) in [6.45, 7) is 12.6. The van der Waals surface area contributed by atoms with Gasteiger partial charge in [-0.05, 0) is 231 Å². The highest BCUT2D eigenvalue weighted by molar-refractivity contribution is 5.90. The van der Waals surface area contributed by atoms with E-state index in [9.17, 15) is 58.0 Å². The number of likely N-dealkylation sites (N-methyl/N-ethyl adjacent to an activating group) is 3. The molecule has 4 fully saturated rings. The van der Waals surface area contributed by atoms with Crippen LogP contribution in [0.4, 0.5) is 26.2 Å². The van der Waals surface area contributed by atoms with E-state index >= 15 is 0 Å². The van der Waals surface area contributed by atoms with Crippen molar-refractivity contribution in [2.45, 2.75) is 156 Å². The summed E-state index contributed by atoms with van der Waals surface area (Å²) in [6, 6.07) is 30.5. The standard InChI is InChI=1S/3C22H26N4O3.C16H13FN2O3.C7H15N.C4H4O4.CH3F.CH4/c3*1-4-15-10-14(13-27)11-18-19(15)22(28)29-21(24-18)17-6-5-8-23-20(17)26-9-7-16(12-26)25(2)3;1-2-10-6-9(8-20)7-12-13(10)16(21)22-15(19-12)11-4-3-5-18-14(11)17;1-8(2)7-5-3-4-6-7;5-3(6)1-2-4(7)8;1-2;/h3*5-6,8,10-11,16,27H,4,7,9,12-13H2,1-3H3;3-7,20H,2,8H2,1H3;7H,3-6H2,1-2H3;1-2H,(H,5,6)(H,7,8);1H3;1H4/b;;;;;2-1-;;/t3*16-;;;;;/m000...../s1/i;;;;;;1D;. The Kier molecular flexibility index (Phi) is 35.9. The number of aliphatic hydroxyl groups is 4. The number of halogens is 2. The third-order valence-corrected chi connectivity index (χ3v) is 22.8. The molecule has 3 saturated heterocycles. The van der Waals surface area contributed by atoms with E-state index in [0.717, 1.165) is 121 Å². The monoisotopic (exact) mass is 1760 g/mol. The third kappa shape index (κ3) is 24.5. The largest absolute Gasteiger partial charge is 0.478 e. The van der Waals surface area contributed by atoms with Crippen molar-refractivity contribution >= 4 is 73.0 Å². The van der Waals surface area contributed by atoms with E-state index in [-0.39, 0.29) is 63.0 Å². The van der Waals surface area contributed by atoms with E-state index in [1.165, 1.54) is 44.0 Å². The van der Waals surface area contributed by atoms with Gasteiger partial charge in [-0.2, -0.15) is 4.39 Å². The minimum absolute atomic E-state index is 0. The lowest BCUT2D eigenvalue weighted by atomic mass is 10.0. The van der Waals surface area contributed by atoms with Gasteiger partial charge in [-0.15, -0.1) is 0 Å². The Morgan fingerprint density at radius 1 is 0.422 bits per heavy atom. The molecule has 6 N–H and O–H groups in total. The molecule has 1 aliphatic carbocycles. The minimum atomic E-state index is -1.26. The number of carboxylic acids is 2. The molecule has 682 valence electrons. The van der Waals surface area contributed by atoms with Gasteiger partial charge in [0.25, 0.3) is 0 Å². The minimum Gasteiger partial charge on any atom is -0.478 e. The van der Waals surface area contributed by atoms with Gasteiger partial charge in [-0.3, -0.25) is 4.39 Å². The van der Waals surface area contributed by atoms with Gasteiger partial charge >= 0.3 is 34.4 Å². The maximum atomic E-state index is 13.7. The van der Waals surface area contributed by atoms with Crippen LogP contribution in [0.15, 0.2) is 171 Å². The van der Waals surface area contributed by atoms with Crippen molar-refractivity contribution in [1.82, 2.24) is 59.5 Å². The normalized spacial score (nSPS) is 15.5. The van der Waals surface area contributed by atoms with E-state index in [1.807, 2.05) is 82.3 Å². The smallest absolute Gasteiger partial charge is 0.347 e. The maximum Gasteiger partial charge on any atom is 0.347 e. The lowest BCUT2D eigenvalue weighted by Gasteiger charge is -2.22. The number of benzene rings is 4. The van der Waals surface area contributed by atoms with Crippen molar-refractivity contribution in [3.63, 3.8) is 0 Å². The average molecular weight is 1760 g/mol. The molecule has 31 nitrogen and oxygen atoms in total. The molecule has 33 heteroatoms. The predicted octanol–water partition coefficient (Wildman–Crippen LogP) is 12.2. The van der Waals surface area contributed by atoms with Crippen molar-refractivity contribution in [3.8, 4) is 45.8 Å². The Balaban J connectivity index is 0.000000181. The summed E-state index contributed by atoms with van der Waals surface area (Å²) in [4.78, 5) is 121. The fraction of sp³-hybridized carbons (Fsp3) is 0.411. The fourth-order valence-electron chi connectivity index (χ4n) is 15.9. The summed E-state index contributed by atoms with van der Waals surface area (Å²) >= 11 is 0. The highest BCUT2D eigenvalue weighted by atomic mass is 19.1. The molecule has 0 unspecified atom stereocenters. The van der Waals surface area contributed by atoms with Crippen LogP contribution in [0.5, 0.6) is 0 Å². The predicted molar refractivity (Wildman–Crippen MR) is 492 cm³/mol. The van der Waals surface area contributed by atoms with Crippen molar-refractivity contribution in [3.05, 3.63) is 226 Å². The number of carboxylic acid groups (broad SMARTS) is 2. The zero-order valence-electron chi connectivity index (χ0n) is 74.8. The molecule has 0 radical (unpaired) electrons. The summed E-state index contributed by atoms with van der Waals surface area (Å²) in [5.41, 5.74) is 8.42. The first-order valence-corrected chi connectivity index (χ1v) is 42.2. The summed E-state index contributed by atoms with van der Waals surface area (Å²) in [5.74, 6) is -0.280. The number of aliphatic carboxylic acids is 2. The van der Waals surface area contributed by atoms with Gasteiger partial charge in [0.05, 0.1) is 101 Å². The third-order valence-electron chi connectivity index (χ3n) is 22.8. The molecule has 8 aromatic heterocycles. The van der Waals surface area contributed by atoms with Crippen LogP contribution in [0, 0.1) is 5.95 Å². The van der Waals surface area contributed by atoms with Gasteiger partial charge in [-0.1, -0.05) is 72.2 Å². The number of rotatable bonds is 21.